The van der Waals surface area contributed by atoms with Crippen LogP contribution < -0.4 is 0 Å². The van der Waals surface area contributed by atoms with Crippen molar-refractivity contribution in [3.05, 3.63) is 85.0 Å². The number of unbranched alkanes of at least 4 members (excludes halogenated alkanes) is 3. The molecule has 0 atom stereocenters. The first kappa shape index (κ1) is 34.4. The van der Waals surface area contributed by atoms with Gasteiger partial charge in [0.2, 0.25) is 0 Å². The molecule has 0 radical (unpaired) electrons. The van der Waals surface area contributed by atoms with E-state index in [2.05, 4.69) is 20.1 Å². The zero-order valence-corrected chi connectivity index (χ0v) is 22.0. The highest BCUT2D eigenvalue weighted by Crippen LogP contribution is 2.11. The summed E-state index contributed by atoms with van der Waals surface area (Å²) in [4.78, 5) is 42.9. The van der Waals surface area contributed by atoms with E-state index in [-0.39, 0.29) is 36.2 Å². The smallest absolute Gasteiger partial charge is 0.338 e. The molecular weight excluding hydrogens is 508 g/mol. The second kappa shape index (κ2) is 21.5. The lowest BCUT2D eigenvalue weighted by Crippen LogP contribution is -2.08. The summed E-state index contributed by atoms with van der Waals surface area (Å²) in [6, 6.07) is 11.2. The van der Waals surface area contributed by atoms with E-state index in [0.717, 1.165) is 25.3 Å². The molecule has 0 unspecified atom stereocenters. The maximum Gasteiger partial charge on any atom is 0.338 e. The van der Waals surface area contributed by atoms with Gasteiger partial charge in [-0.05, 0) is 67.8 Å². The molecule has 0 aromatic heterocycles. The normalized spacial score (nSPS) is 9.36. The average molecular weight is 545 g/mol. The van der Waals surface area contributed by atoms with Crippen molar-refractivity contribution in [3.8, 4) is 11.5 Å². The van der Waals surface area contributed by atoms with Crippen molar-refractivity contribution in [2.45, 2.75) is 39.0 Å². The molecule has 0 amide bonds. The Hall–Kier alpha value is -4.60. The lowest BCUT2D eigenvalue weighted by atomic mass is 10.2. The van der Waals surface area contributed by atoms with Gasteiger partial charge in [0, 0.05) is 12.2 Å². The van der Waals surface area contributed by atoms with Crippen molar-refractivity contribution in [2.75, 3.05) is 19.8 Å². The topological polar surface area (TPSA) is 157 Å². The number of carbonyl (C=O) groups is 4. The summed E-state index contributed by atoms with van der Waals surface area (Å²) >= 11 is 0. The Labute approximate surface area is 228 Å². The number of phenolic OH excluding ortho intramolecular Hbond substituents is 2. The molecule has 39 heavy (non-hydrogen) atoms. The van der Waals surface area contributed by atoms with Crippen molar-refractivity contribution in [1.29, 1.82) is 0 Å². The number of hydrogen-bond acceptors (Lipinski definition) is 9. The van der Waals surface area contributed by atoms with Crippen LogP contribution >= 0.6 is 0 Å². The van der Waals surface area contributed by atoms with Gasteiger partial charge in [0.15, 0.2) is 0 Å². The minimum absolute atomic E-state index is 0.0741. The van der Waals surface area contributed by atoms with Crippen molar-refractivity contribution in [1.82, 2.24) is 0 Å². The highest BCUT2D eigenvalue weighted by Gasteiger charge is 2.06. The number of phenols is 2. The van der Waals surface area contributed by atoms with Gasteiger partial charge in [-0.1, -0.05) is 32.9 Å². The van der Waals surface area contributed by atoms with E-state index >= 15 is 0 Å². The average Bonchev–Trinajstić information content (AvgIpc) is 2.93. The number of ether oxygens (including phenoxy) is 3. The van der Waals surface area contributed by atoms with Gasteiger partial charge in [0.1, 0.15) is 11.5 Å². The Morgan fingerprint density at radius 2 is 1.05 bits per heavy atom. The minimum atomic E-state index is -0.986. The van der Waals surface area contributed by atoms with E-state index < -0.39 is 17.9 Å². The molecule has 0 aliphatic rings. The Balaban J connectivity index is 0.000000610. The van der Waals surface area contributed by atoms with Crippen LogP contribution in [0.3, 0.4) is 0 Å². The first-order valence-corrected chi connectivity index (χ1v) is 12.2. The van der Waals surface area contributed by atoms with Crippen molar-refractivity contribution < 1.29 is 48.7 Å². The first-order valence-electron chi connectivity index (χ1n) is 12.2. The van der Waals surface area contributed by atoms with E-state index in [1.54, 1.807) is 0 Å². The molecule has 0 fully saturated rings. The molecule has 2 rings (SSSR count). The second-order valence-corrected chi connectivity index (χ2v) is 7.69. The predicted molar refractivity (Wildman–Crippen MR) is 145 cm³/mol. The maximum atomic E-state index is 11.5. The number of rotatable bonds is 13. The second-order valence-electron chi connectivity index (χ2n) is 7.69. The molecule has 0 saturated carbocycles. The predicted octanol–water partition coefficient (Wildman–Crippen LogP) is 5.05. The van der Waals surface area contributed by atoms with Gasteiger partial charge in [0.25, 0.3) is 0 Å². The molecule has 0 heterocycles. The molecule has 2 aromatic carbocycles. The standard InChI is InChI=1S/C14H16O5.C8H14O2.C7H6O3/c1-2-13(16)18-9-3-4-10-19-14(17)11-5-7-12(15)8-6-11;1-3-5-6-7-10-8(9)4-2;8-6-3-1-5(2-4-6)7(9)10/h2,5-8,15H,1,3-4,9-10H2;4H,2-3,5-7H2,1H3;1-4,8H,(H,9,10). The van der Waals surface area contributed by atoms with Gasteiger partial charge >= 0.3 is 23.9 Å². The van der Waals surface area contributed by atoms with Gasteiger partial charge in [-0.3, -0.25) is 0 Å². The molecule has 0 aliphatic heterocycles. The van der Waals surface area contributed by atoms with E-state index in [0.29, 0.717) is 25.0 Å². The van der Waals surface area contributed by atoms with Crippen molar-refractivity contribution in [3.63, 3.8) is 0 Å². The molecule has 0 bridgehead atoms. The van der Waals surface area contributed by atoms with Gasteiger partial charge in [-0.15, -0.1) is 0 Å². The van der Waals surface area contributed by atoms with Crippen LogP contribution in [0.4, 0.5) is 0 Å². The molecule has 10 heteroatoms. The number of esters is 3. The monoisotopic (exact) mass is 544 g/mol. The van der Waals surface area contributed by atoms with E-state index in [1.165, 1.54) is 54.6 Å². The molecule has 0 spiro atoms. The highest BCUT2D eigenvalue weighted by molar-refractivity contribution is 5.89. The summed E-state index contributed by atoms with van der Waals surface area (Å²) in [6.07, 6.45) is 6.72. The summed E-state index contributed by atoms with van der Waals surface area (Å²) in [5.41, 5.74) is 0.564. The summed E-state index contributed by atoms with van der Waals surface area (Å²) in [6.45, 7) is 9.73. The first-order chi connectivity index (χ1) is 18.6. The molecule has 0 aliphatic carbocycles. The molecule has 212 valence electrons. The lowest BCUT2D eigenvalue weighted by Gasteiger charge is -2.05. The van der Waals surface area contributed by atoms with Crippen LogP contribution in [0.5, 0.6) is 11.5 Å². The van der Waals surface area contributed by atoms with Gasteiger partial charge in [0.05, 0.1) is 30.9 Å². The summed E-state index contributed by atoms with van der Waals surface area (Å²) in [5, 5.41) is 26.2. The SMILES string of the molecule is C=CC(=O)OCCCCC.C=CC(=O)OCCCCOC(=O)c1ccc(O)cc1.O=C(O)c1ccc(O)cc1. The van der Waals surface area contributed by atoms with Crippen LogP contribution in [0.1, 0.15) is 59.7 Å². The van der Waals surface area contributed by atoms with Crippen LogP contribution in [0.15, 0.2) is 73.8 Å². The fraction of sp³-hybridized carbons (Fsp3) is 0.310. The van der Waals surface area contributed by atoms with Crippen LogP contribution in [-0.2, 0) is 23.8 Å². The molecule has 3 N–H and O–H groups in total. The number of aromatic carboxylic acids is 1. The number of hydrogen-bond donors (Lipinski definition) is 3. The summed E-state index contributed by atoms with van der Waals surface area (Å²) in [5.74, 6) is -2.04. The zero-order chi connectivity index (χ0) is 29.5. The third-order valence-electron chi connectivity index (χ3n) is 4.56. The lowest BCUT2D eigenvalue weighted by molar-refractivity contribution is -0.138. The van der Waals surface area contributed by atoms with E-state index in [4.69, 9.17) is 29.5 Å². The molecule has 10 nitrogen and oxygen atoms in total. The molecule has 0 saturated heterocycles. The number of benzene rings is 2. The number of carbonyl (C=O) groups excluding carboxylic acids is 3. The molecular formula is C29H36O10. The Morgan fingerprint density at radius 1 is 0.667 bits per heavy atom. The van der Waals surface area contributed by atoms with Crippen LogP contribution in [-0.4, -0.2) is 59.0 Å². The number of carboxylic acid groups (broad SMARTS) is 1. The Kier molecular flexibility index (Phi) is 18.9. The Bertz CT molecular complexity index is 1030. The number of aromatic hydroxyl groups is 2. The largest absolute Gasteiger partial charge is 0.508 e. The third-order valence-corrected chi connectivity index (χ3v) is 4.56. The Morgan fingerprint density at radius 3 is 1.44 bits per heavy atom. The fourth-order valence-electron chi connectivity index (χ4n) is 2.47. The molecule has 2 aromatic rings. The maximum absolute atomic E-state index is 11.5. The van der Waals surface area contributed by atoms with Gasteiger partial charge in [-0.2, -0.15) is 0 Å². The quantitative estimate of drug-likeness (QED) is 0.135. The van der Waals surface area contributed by atoms with Crippen LogP contribution in [0, 0.1) is 0 Å². The fourth-order valence-corrected chi connectivity index (χ4v) is 2.47. The van der Waals surface area contributed by atoms with Crippen molar-refractivity contribution in [2.24, 2.45) is 0 Å². The van der Waals surface area contributed by atoms with E-state index in [9.17, 15) is 19.2 Å². The summed E-state index contributed by atoms with van der Waals surface area (Å²) in [7, 11) is 0. The van der Waals surface area contributed by atoms with Crippen LogP contribution in [0.2, 0.25) is 0 Å². The highest BCUT2D eigenvalue weighted by atomic mass is 16.5. The summed E-state index contributed by atoms with van der Waals surface area (Å²) < 4.78 is 14.5. The number of carboxylic acids is 1. The van der Waals surface area contributed by atoms with Crippen LogP contribution in [0.25, 0.3) is 0 Å². The minimum Gasteiger partial charge on any atom is -0.508 e. The van der Waals surface area contributed by atoms with Crippen molar-refractivity contribution >= 4 is 23.9 Å². The van der Waals surface area contributed by atoms with Gasteiger partial charge < -0.3 is 29.5 Å². The van der Waals surface area contributed by atoms with E-state index in [1.807, 2.05) is 0 Å². The third kappa shape index (κ3) is 18.3. The van der Waals surface area contributed by atoms with Gasteiger partial charge in [-0.25, -0.2) is 19.2 Å². The zero-order valence-electron chi connectivity index (χ0n) is 22.0.